The molecule has 0 atom stereocenters. The molecule has 0 bridgehead atoms. The zero-order chi connectivity index (χ0) is 20.3. The maximum Gasteiger partial charge on any atom is 0.248 e. The number of rotatable bonds is 5. The van der Waals surface area contributed by atoms with Crippen LogP contribution in [0.15, 0.2) is 53.7 Å². The Bertz CT molecular complexity index is 1120. The van der Waals surface area contributed by atoms with Crippen molar-refractivity contribution in [1.29, 1.82) is 0 Å². The van der Waals surface area contributed by atoms with Crippen molar-refractivity contribution in [3.8, 4) is 0 Å². The molecule has 3 rings (SSSR count). The van der Waals surface area contributed by atoms with Crippen LogP contribution in [0.4, 0.5) is 16.0 Å². The van der Waals surface area contributed by atoms with Crippen LogP contribution >= 0.6 is 23.8 Å². The Labute approximate surface area is 170 Å². The van der Waals surface area contributed by atoms with Gasteiger partial charge in [0.15, 0.2) is 5.11 Å². The number of halogens is 2. The van der Waals surface area contributed by atoms with Gasteiger partial charge in [-0.25, -0.2) is 27.6 Å². The zero-order valence-corrected chi connectivity index (χ0v) is 16.5. The Morgan fingerprint density at radius 2 is 1.93 bits per heavy atom. The van der Waals surface area contributed by atoms with Crippen LogP contribution in [-0.2, 0) is 16.6 Å². The molecule has 2 aromatic carbocycles. The summed E-state index contributed by atoms with van der Waals surface area (Å²) >= 11 is 11.2. The first-order valence-electron chi connectivity index (χ1n) is 7.75. The number of hydrogen-bond donors (Lipinski definition) is 3. The lowest BCUT2D eigenvalue weighted by molar-refractivity contribution is 0.598. The largest absolute Gasteiger partial charge is 0.332 e. The molecular formula is C16H14ClFN6O2S2. The minimum atomic E-state index is -3.75. The molecule has 4 N–H and O–H groups in total. The van der Waals surface area contributed by atoms with Gasteiger partial charge in [-0.05, 0) is 54.2 Å². The number of nitrogens with two attached hydrogens (primary N) is 1. The molecule has 8 nitrogen and oxygen atoms in total. The van der Waals surface area contributed by atoms with E-state index in [1.54, 1.807) is 6.07 Å². The number of sulfonamides is 1. The smallest absolute Gasteiger partial charge is 0.248 e. The van der Waals surface area contributed by atoms with Crippen LogP contribution in [0.2, 0.25) is 5.02 Å². The highest BCUT2D eigenvalue weighted by Crippen LogP contribution is 2.18. The number of aromatic nitrogens is 3. The first-order valence-corrected chi connectivity index (χ1v) is 10.1. The van der Waals surface area contributed by atoms with Crippen LogP contribution in [0.1, 0.15) is 5.56 Å². The Kier molecular flexibility index (Phi) is 5.89. The number of nitrogens with zero attached hydrogens (tertiary/aromatic N) is 3. The lowest BCUT2D eigenvalue weighted by atomic mass is 10.2. The minimum absolute atomic E-state index is 0.00297. The van der Waals surface area contributed by atoms with E-state index < -0.39 is 15.8 Å². The third kappa shape index (κ3) is 5.23. The van der Waals surface area contributed by atoms with Crippen molar-refractivity contribution in [2.75, 3.05) is 10.6 Å². The first-order chi connectivity index (χ1) is 13.2. The Balaban J connectivity index is 1.60. The van der Waals surface area contributed by atoms with E-state index in [4.69, 9.17) is 29.0 Å². The van der Waals surface area contributed by atoms with Crippen molar-refractivity contribution in [3.63, 3.8) is 0 Å². The maximum absolute atomic E-state index is 13.1. The van der Waals surface area contributed by atoms with Crippen LogP contribution < -0.4 is 15.8 Å². The molecule has 1 aromatic heterocycles. The third-order valence-electron chi connectivity index (χ3n) is 3.55. The lowest BCUT2D eigenvalue weighted by Crippen LogP contribution is -2.20. The fourth-order valence-electron chi connectivity index (χ4n) is 2.24. The van der Waals surface area contributed by atoms with Crippen LogP contribution in [-0.4, -0.2) is 28.3 Å². The molecule has 0 radical (unpaired) electrons. The zero-order valence-electron chi connectivity index (χ0n) is 14.1. The highest BCUT2D eigenvalue weighted by atomic mass is 35.5. The second-order valence-corrected chi connectivity index (χ2v) is 8.03. The van der Waals surface area contributed by atoms with Gasteiger partial charge >= 0.3 is 0 Å². The summed E-state index contributed by atoms with van der Waals surface area (Å²) in [5, 5.41) is 15.5. The molecule has 0 saturated carbocycles. The first kappa shape index (κ1) is 20.1. The second-order valence-electron chi connectivity index (χ2n) is 5.65. The fraction of sp³-hybridized carbons (Fsp3) is 0.0625. The van der Waals surface area contributed by atoms with Gasteiger partial charge in [0, 0.05) is 10.7 Å². The Morgan fingerprint density at radius 3 is 2.57 bits per heavy atom. The SMILES string of the molecule is NS(=O)(=O)c1ccc(NC(=S)Nc2ncn(Cc3ccc(F)cc3Cl)n2)cc1. The van der Waals surface area contributed by atoms with Gasteiger partial charge in [0.05, 0.1) is 11.4 Å². The van der Waals surface area contributed by atoms with Crippen molar-refractivity contribution in [2.24, 2.45) is 5.14 Å². The van der Waals surface area contributed by atoms with E-state index in [-0.39, 0.29) is 16.0 Å². The normalized spacial score (nSPS) is 11.2. The van der Waals surface area contributed by atoms with Crippen LogP contribution in [0.25, 0.3) is 0 Å². The Morgan fingerprint density at radius 1 is 1.21 bits per heavy atom. The van der Waals surface area contributed by atoms with E-state index in [0.717, 1.165) is 0 Å². The van der Waals surface area contributed by atoms with E-state index in [2.05, 4.69) is 20.7 Å². The summed E-state index contributed by atoms with van der Waals surface area (Å²) in [6.07, 6.45) is 1.48. The van der Waals surface area contributed by atoms with Gasteiger partial charge in [0.1, 0.15) is 12.1 Å². The molecule has 28 heavy (non-hydrogen) atoms. The molecule has 0 aliphatic heterocycles. The summed E-state index contributed by atoms with van der Waals surface area (Å²) in [6.45, 7) is 0.309. The van der Waals surface area contributed by atoms with E-state index in [0.29, 0.717) is 22.8 Å². The number of benzene rings is 2. The molecule has 12 heteroatoms. The van der Waals surface area contributed by atoms with Gasteiger partial charge in [0.2, 0.25) is 16.0 Å². The molecule has 0 saturated heterocycles. The summed E-state index contributed by atoms with van der Waals surface area (Å²) in [6, 6.07) is 9.89. The third-order valence-corrected chi connectivity index (χ3v) is 5.04. The molecule has 0 amide bonds. The molecule has 3 aromatic rings. The molecule has 0 spiro atoms. The van der Waals surface area contributed by atoms with E-state index >= 15 is 0 Å². The van der Waals surface area contributed by atoms with Gasteiger partial charge in [-0.1, -0.05) is 17.7 Å². The van der Waals surface area contributed by atoms with Crippen LogP contribution in [0, 0.1) is 5.82 Å². The molecule has 0 aliphatic rings. The fourth-order valence-corrected chi connectivity index (χ4v) is 3.20. The topological polar surface area (TPSA) is 115 Å². The van der Waals surface area contributed by atoms with Crippen LogP contribution in [0.5, 0.6) is 0 Å². The van der Waals surface area contributed by atoms with Gasteiger partial charge in [-0.15, -0.1) is 5.10 Å². The van der Waals surface area contributed by atoms with Gasteiger partial charge < -0.3 is 5.32 Å². The predicted molar refractivity (Wildman–Crippen MR) is 108 cm³/mol. The summed E-state index contributed by atoms with van der Waals surface area (Å²) in [5.41, 5.74) is 1.25. The number of primary sulfonamides is 1. The summed E-state index contributed by atoms with van der Waals surface area (Å²) in [5.74, 6) is -0.167. The average molecular weight is 441 g/mol. The van der Waals surface area contributed by atoms with E-state index in [9.17, 15) is 12.8 Å². The Hall–Kier alpha value is -2.60. The maximum atomic E-state index is 13.1. The highest BCUT2D eigenvalue weighted by Gasteiger charge is 2.09. The number of hydrogen-bond acceptors (Lipinski definition) is 5. The van der Waals surface area contributed by atoms with E-state index in [1.807, 2.05) is 0 Å². The molecular weight excluding hydrogens is 427 g/mol. The second kappa shape index (κ2) is 8.19. The van der Waals surface area contributed by atoms with Gasteiger partial charge in [-0.3, -0.25) is 5.32 Å². The summed E-state index contributed by atoms with van der Waals surface area (Å²) in [4.78, 5) is 4.08. The van der Waals surface area contributed by atoms with Gasteiger partial charge in [0.25, 0.3) is 0 Å². The average Bonchev–Trinajstić information content (AvgIpc) is 3.04. The van der Waals surface area contributed by atoms with Crippen molar-refractivity contribution in [3.05, 3.63) is 65.2 Å². The number of nitrogens with one attached hydrogen (secondary N) is 2. The summed E-state index contributed by atoms with van der Waals surface area (Å²) in [7, 11) is -3.75. The summed E-state index contributed by atoms with van der Waals surface area (Å²) < 4.78 is 37.1. The monoisotopic (exact) mass is 440 g/mol. The lowest BCUT2D eigenvalue weighted by Gasteiger charge is -2.08. The van der Waals surface area contributed by atoms with Crippen molar-refractivity contribution >= 4 is 50.6 Å². The molecule has 146 valence electrons. The van der Waals surface area contributed by atoms with Crippen LogP contribution in [0.3, 0.4) is 0 Å². The van der Waals surface area contributed by atoms with Crippen molar-refractivity contribution in [2.45, 2.75) is 11.4 Å². The van der Waals surface area contributed by atoms with Crippen molar-refractivity contribution < 1.29 is 12.8 Å². The molecule has 0 aliphatic carbocycles. The highest BCUT2D eigenvalue weighted by molar-refractivity contribution is 7.89. The quantitative estimate of drug-likeness (QED) is 0.522. The molecule has 0 unspecified atom stereocenters. The number of anilines is 2. The number of thiocarbonyl (C=S) groups is 1. The standard InChI is InChI=1S/C16H14ClFN6O2S2/c17-14-7-11(18)2-1-10(14)8-24-9-20-15(23-24)22-16(27)21-12-3-5-13(6-4-12)28(19,25)26/h1-7,9H,8H2,(H2,19,25,26)(H2,21,22,23,27). The molecule has 0 fully saturated rings. The molecule has 1 heterocycles. The van der Waals surface area contributed by atoms with Gasteiger partial charge in [-0.2, -0.15) is 0 Å². The minimum Gasteiger partial charge on any atom is -0.332 e. The predicted octanol–water partition coefficient (Wildman–Crippen LogP) is 2.58. The van der Waals surface area contributed by atoms with Crippen molar-refractivity contribution in [1.82, 2.24) is 14.8 Å². The van der Waals surface area contributed by atoms with E-state index in [1.165, 1.54) is 47.4 Å².